The number of nitrogens with one attached hydrogen (secondary N) is 1. The summed E-state index contributed by atoms with van der Waals surface area (Å²) < 4.78 is 0. The standard InChI is InChI=1S/C27H34N4O5/c32-16-10-19-6-12-29(13-7-19)11-5-18-8-14-30(15-9-18)20-1-2-21-22(17-20)27(36)31(26(21)35)23-3-4-24(33)28-25(23)34/h1-2,16-19,23H,3-15H2,(H,28,33,34). The summed E-state index contributed by atoms with van der Waals surface area (Å²) in [6.45, 7) is 5.11. The molecule has 0 radical (unpaired) electrons. The first-order valence-corrected chi connectivity index (χ1v) is 13.2. The van der Waals surface area contributed by atoms with Gasteiger partial charge in [0.2, 0.25) is 11.8 Å². The number of imide groups is 2. The molecule has 4 amide bonds. The molecule has 0 bridgehead atoms. The summed E-state index contributed by atoms with van der Waals surface area (Å²) in [7, 11) is 0. The van der Waals surface area contributed by atoms with Crippen molar-refractivity contribution in [2.24, 2.45) is 11.8 Å². The van der Waals surface area contributed by atoms with Crippen molar-refractivity contribution in [3.63, 3.8) is 0 Å². The number of fused-ring (bicyclic) bond motifs is 1. The van der Waals surface area contributed by atoms with Crippen LogP contribution in [0, 0.1) is 11.8 Å². The summed E-state index contributed by atoms with van der Waals surface area (Å²) in [4.78, 5) is 66.3. The van der Waals surface area contributed by atoms with E-state index in [1.807, 2.05) is 6.07 Å². The molecule has 192 valence electrons. The van der Waals surface area contributed by atoms with Gasteiger partial charge >= 0.3 is 0 Å². The molecule has 4 heterocycles. The molecule has 1 unspecified atom stereocenters. The quantitative estimate of drug-likeness (QED) is 0.456. The molecule has 9 nitrogen and oxygen atoms in total. The smallest absolute Gasteiger partial charge is 0.262 e. The zero-order valence-electron chi connectivity index (χ0n) is 20.6. The van der Waals surface area contributed by atoms with Crippen LogP contribution in [0.1, 0.15) is 72.1 Å². The van der Waals surface area contributed by atoms with Gasteiger partial charge in [-0.1, -0.05) is 0 Å². The molecule has 0 spiro atoms. The second-order valence-electron chi connectivity index (χ2n) is 10.6. The van der Waals surface area contributed by atoms with E-state index in [9.17, 15) is 24.0 Å². The zero-order valence-corrected chi connectivity index (χ0v) is 20.6. The van der Waals surface area contributed by atoms with Crippen molar-refractivity contribution in [3.8, 4) is 0 Å². The molecule has 1 aromatic rings. The number of nitrogens with zero attached hydrogens (tertiary/aromatic N) is 3. The van der Waals surface area contributed by atoms with Crippen molar-refractivity contribution in [1.82, 2.24) is 15.1 Å². The number of hydrogen-bond donors (Lipinski definition) is 1. The third kappa shape index (κ3) is 4.93. The van der Waals surface area contributed by atoms with Crippen LogP contribution in [0.4, 0.5) is 5.69 Å². The Morgan fingerprint density at radius 3 is 2.25 bits per heavy atom. The van der Waals surface area contributed by atoms with Gasteiger partial charge in [-0.2, -0.15) is 0 Å². The number of hydrogen-bond acceptors (Lipinski definition) is 7. The van der Waals surface area contributed by atoms with E-state index in [4.69, 9.17) is 0 Å². The highest BCUT2D eigenvalue weighted by Gasteiger charge is 2.44. The molecule has 0 aromatic heterocycles. The van der Waals surface area contributed by atoms with Gasteiger partial charge in [-0.25, -0.2) is 0 Å². The fourth-order valence-corrected chi connectivity index (χ4v) is 6.08. The van der Waals surface area contributed by atoms with E-state index in [0.29, 0.717) is 29.4 Å². The fraction of sp³-hybridized carbons (Fsp3) is 0.593. The molecule has 1 aromatic carbocycles. The van der Waals surface area contributed by atoms with Gasteiger partial charge in [0.25, 0.3) is 11.8 Å². The van der Waals surface area contributed by atoms with E-state index in [0.717, 1.165) is 75.3 Å². The molecule has 9 heteroatoms. The number of carbonyl (C=O) groups excluding carboxylic acids is 5. The van der Waals surface area contributed by atoms with Crippen molar-refractivity contribution in [3.05, 3.63) is 29.3 Å². The summed E-state index contributed by atoms with van der Waals surface area (Å²) in [5, 5.41) is 2.23. The van der Waals surface area contributed by atoms with E-state index < -0.39 is 23.8 Å². The van der Waals surface area contributed by atoms with Gasteiger partial charge in [0.15, 0.2) is 0 Å². The predicted molar refractivity (Wildman–Crippen MR) is 133 cm³/mol. The minimum absolute atomic E-state index is 0.114. The summed E-state index contributed by atoms with van der Waals surface area (Å²) >= 11 is 0. The van der Waals surface area contributed by atoms with E-state index in [2.05, 4.69) is 15.1 Å². The maximum atomic E-state index is 13.1. The molecule has 4 aliphatic heterocycles. The summed E-state index contributed by atoms with van der Waals surface area (Å²) in [6, 6.07) is 4.43. The lowest BCUT2D eigenvalue weighted by atomic mass is 9.91. The topological polar surface area (TPSA) is 107 Å². The Balaban J connectivity index is 1.15. The summed E-state index contributed by atoms with van der Waals surface area (Å²) in [6.07, 6.45) is 7.64. The van der Waals surface area contributed by atoms with Crippen molar-refractivity contribution < 1.29 is 24.0 Å². The zero-order chi connectivity index (χ0) is 25.2. The Bertz CT molecular complexity index is 1060. The second-order valence-corrected chi connectivity index (χ2v) is 10.6. The Morgan fingerprint density at radius 1 is 0.861 bits per heavy atom. The fourth-order valence-electron chi connectivity index (χ4n) is 6.08. The van der Waals surface area contributed by atoms with E-state index in [-0.39, 0.29) is 18.7 Å². The van der Waals surface area contributed by atoms with Crippen LogP contribution in [-0.2, 0) is 14.4 Å². The molecule has 0 saturated carbocycles. The molecule has 36 heavy (non-hydrogen) atoms. The van der Waals surface area contributed by atoms with Crippen LogP contribution in [-0.4, -0.2) is 78.5 Å². The minimum atomic E-state index is -0.940. The van der Waals surface area contributed by atoms with Crippen LogP contribution < -0.4 is 10.2 Å². The summed E-state index contributed by atoms with van der Waals surface area (Å²) in [5.41, 5.74) is 1.58. The van der Waals surface area contributed by atoms with Gasteiger partial charge in [0, 0.05) is 31.6 Å². The number of carbonyl (C=O) groups is 5. The third-order valence-corrected chi connectivity index (χ3v) is 8.39. The van der Waals surface area contributed by atoms with E-state index >= 15 is 0 Å². The van der Waals surface area contributed by atoms with Crippen molar-refractivity contribution in [2.45, 2.75) is 57.4 Å². The van der Waals surface area contributed by atoms with Crippen LogP contribution in [0.15, 0.2) is 18.2 Å². The number of aldehydes is 1. The summed E-state index contributed by atoms with van der Waals surface area (Å²) in [5.74, 6) is -0.656. The normalized spacial score (nSPS) is 24.3. The van der Waals surface area contributed by atoms with Gasteiger partial charge in [0.1, 0.15) is 12.3 Å². The third-order valence-electron chi connectivity index (χ3n) is 8.39. The Hall–Kier alpha value is -3.07. The molecule has 3 fully saturated rings. The highest BCUT2D eigenvalue weighted by molar-refractivity contribution is 6.23. The highest BCUT2D eigenvalue weighted by atomic mass is 16.2. The number of amides is 4. The number of piperidine rings is 3. The SMILES string of the molecule is O=CCC1CCN(CCC2CCN(c3ccc4c(c3)C(=O)N(C3CCC(=O)NC3=O)C4=O)CC2)CC1. The molecule has 1 N–H and O–H groups in total. The second kappa shape index (κ2) is 10.5. The number of anilines is 1. The Morgan fingerprint density at radius 2 is 1.56 bits per heavy atom. The maximum absolute atomic E-state index is 13.1. The molecule has 0 aliphatic carbocycles. The molecule has 1 atom stereocenters. The number of likely N-dealkylation sites (tertiary alicyclic amines) is 1. The predicted octanol–water partition coefficient (Wildman–Crippen LogP) is 2.00. The molecular weight excluding hydrogens is 460 g/mol. The average molecular weight is 495 g/mol. The van der Waals surface area contributed by atoms with Crippen molar-refractivity contribution in [1.29, 1.82) is 0 Å². The average Bonchev–Trinajstić information content (AvgIpc) is 3.13. The van der Waals surface area contributed by atoms with Gasteiger partial charge in [-0.3, -0.25) is 29.4 Å². The minimum Gasteiger partial charge on any atom is -0.371 e. The van der Waals surface area contributed by atoms with Crippen LogP contribution in [0.25, 0.3) is 0 Å². The monoisotopic (exact) mass is 494 g/mol. The van der Waals surface area contributed by atoms with Crippen LogP contribution >= 0.6 is 0 Å². The van der Waals surface area contributed by atoms with Crippen LogP contribution in [0.5, 0.6) is 0 Å². The Labute approximate surface area is 211 Å². The first kappa shape index (κ1) is 24.6. The highest BCUT2D eigenvalue weighted by Crippen LogP contribution is 2.32. The molecular formula is C27H34N4O5. The Kier molecular flexibility index (Phi) is 7.18. The lowest BCUT2D eigenvalue weighted by molar-refractivity contribution is -0.136. The van der Waals surface area contributed by atoms with Gasteiger partial charge in [0.05, 0.1) is 11.1 Å². The molecule has 5 rings (SSSR count). The molecule has 3 saturated heterocycles. The van der Waals surface area contributed by atoms with Crippen molar-refractivity contribution in [2.75, 3.05) is 37.6 Å². The van der Waals surface area contributed by atoms with E-state index in [1.54, 1.807) is 12.1 Å². The van der Waals surface area contributed by atoms with Gasteiger partial charge in [-0.05, 0) is 88.2 Å². The van der Waals surface area contributed by atoms with Gasteiger partial charge < -0.3 is 14.6 Å². The van der Waals surface area contributed by atoms with Crippen LogP contribution in [0.2, 0.25) is 0 Å². The lowest BCUT2D eigenvalue weighted by Gasteiger charge is -2.36. The molecule has 4 aliphatic rings. The number of benzene rings is 1. The maximum Gasteiger partial charge on any atom is 0.262 e. The lowest BCUT2D eigenvalue weighted by Crippen LogP contribution is -2.54. The van der Waals surface area contributed by atoms with Gasteiger partial charge in [-0.15, -0.1) is 0 Å². The van der Waals surface area contributed by atoms with Crippen molar-refractivity contribution >= 4 is 35.6 Å². The number of rotatable bonds is 7. The first-order valence-electron chi connectivity index (χ1n) is 13.2. The van der Waals surface area contributed by atoms with E-state index in [1.165, 1.54) is 6.42 Å². The first-order chi connectivity index (χ1) is 17.4. The largest absolute Gasteiger partial charge is 0.371 e. The van der Waals surface area contributed by atoms with Crippen LogP contribution in [0.3, 0.4) is 0 Å².